The van der Waals surface area contributed by atoms with Gasteiger partial charge < -0.3 is 5.73 Å². The van der Waals surface area contributed by atoms with Crippen molar-refractivity contribution in [3.05, 3.63) is 44.8 Å². The number of hydrogen-bond acceptors (Lipinski definition) is 2. The van der Waals surface area contributed by atoms with Crippen LogP contribution in [0.5, 0.6) is 0 Å². The van der Waals surface area contributed by atoms with Crippen LogP contribution in [0.2, 0.25) is 0 Å². The Hall–Kier alpha value is -1.45. The molecule has 1 rings (SSSR count). The smallest absolute Gasteiger partial charge is 0.0443 e. The third-order valence-electron chi connectivity index (χ3n) is 1.60. The van der Waals surface area contributed by atoms with E-state index in [4.69, 9.17) is 11.3 Å². The standard InChI is InChI=1S/C9H9BrN4/c10-8-4-3-7(9(11)6-8)2-1-5-13-14-12/h1-4,6H,5,11H2. The van der Waals surface area contributed by atoms with Gasteiger partial charge in [0.1, 0.15) is 0 Å². The summed E-state index contributed by atoms with van der Waals surface area (Å²) in [7, 11) is 0. The topological polar surface area (TPSA) is 74.8 Å². The van der Waals surface area contributed by atoms with Gasteiger partial charge in [0.15, 0.2) is 0 Å². The lowest BCUT2D eigenvalue weighted by molar-refractivity contribution is 1.22. The van der Waals surface area contributed by atoms with E-state index in [2.05, 4.69) is 26.0 Å². The molecule has 72 valence electrons. The lowest BCUT2D eigenvalue weighted by Gasteiger charge is -1.99. The zero-order chi connectivity index (χ0) is 10.4. The first-order valence-electron chi connectivity index (χ1n) is 3.96. The Labute approximate surface area is 90.2 Å². The van der Waals surface area contributed by atoms with Crippen molar-refractivity contribution in [3.8, 4) is 0 Å². The van der Waals surface area contributed by atoms with Crippen LogP contribution >= 0.6 is 15.9 Å². The highest BCUT2D eigenvalue weighted by Gasteiger charge is 1.94. The highest BCUT2D eigenvalue weighted by molar-refractivity contribution is 9.10. The Bertz CT molecular complexity index is 394. The molecule has 1 aromatic rings. The van der Waals surface area contributed by atoms with Crippen molar-refractivity contribution in [1.82, 2.24) is 0 Å². The van der Waals surface area contributed by atoms with Crippen molar-refractivity contribution in [2.24, 2.45) is 5.11 Å². The van der Waals surface area contributed by atoms with Gasteiger partial charge in [0.2, 0.25) is 0 Å². The summed E-state index contributed by atoms with van der Waals surface area (Å²) < 4.78 is 0.946. The van der Waals surface area contributed by atoms with Crippen LogP contribution < -0.4 is 5.73 Å². The van der Waals surface area contributed by atoms with Crippen molar-refractivity contribution < 1.29 is 0 Å². The van der Waals surface area contributed by atoms with Crippen LogP contribution in [0, 0.1) is 0 Å². The average Bonchev–Trinajstić information content (AvgIpc) is 2.15. The van der Waals surface area contributed by atoms with E-state index in [0.29, 0.717) is 12.2 Å². The summed E-state index contributed by atoms with van der Waals surface area (Å²) in [6.07, 6.45) is 3.59. The maximum absolute atomic E-state index is 8.05. The maximum Gasteiger partial charge on any atom is 0.0443 e. The predicted molar refractivity (Wildman–Crippen MR) is 61.6 cm³/mol. The number of rotatable bonds is 3. The SMILES string of the molecule is [N-]=[N+]=NCC=Cc1ccc(Br)cc1N. The van der Waals surface area contributed by atoms with Crippen LogP contribution in [0.1, 0.15) is 5.56 Å². The average molecular weight is 253 g/mol. The van der Waals surface area contributed by atoms with Crippen molar-refractivity contribution in [1.29, 1.82) is 0 Å². The van der Waals surface area contributed by atoms with E-state index in [-0.39, 0.29) is 0 Å². The van der Waals surface area contributed by atoms with Crippen molar-refractivity contribution in [3.63, 3.8) is 0 Å². The number of azide groups is 1. The van der Waals surface area contributed by atoms with E-state index < -0.39 is 0 Å². The fourth-order valence-electron chi connectivity index (χ4n) is 0.961. The Balaban J connectivity index is 2.76. The summed E-state index contributed by atoms with van der Waals surface area (Å²) >= 11 is 3.32. The molecule has 5 heteroatoms. The molecule has 0 aliphatic carbocycles. The molecule has 0 unspecified atom stereocenters. The van der Waals surface area contributed by atoms with E-state index in [9.17, 15) is 0 Å². The van der Waals surface area contributed by atoms with E-state index in [1.807, 2.05) is 24.3 Å². The molecule has 0 bridgehead atoms. The van der Waals surface area contributed by atoms with E-state index in [1.165, 1.54) is 0 Å². The minimum Gasteiger partial charge on any atom is -0.398 e. The minimum atomic E-state index is 0.339. The van der Waals surface area contributed by atoms with E-state index >= 15 is 0 Å². The Kier molecular flexibility index (Phi) is 4.04. The third kappa shape index (κ3) is 3.12. The molecule has 2 N–H and O–H groups in total. The predicted octanol–water partition coefficient (Wildman–Crippen LogP) is 3.35. The van der Waals surface area contributed by atoms with Gasteiger partial charge in [-0.05, 0) is 23.2 Å². The first-order valence-corrected chi connectivity index (χ1v) is 4.76. The molecule has 0 spiro atoms. The van der Waals surface area contributed by atoms with Crippen LogP contribution in [0.4, 0.5) is 5.69 Å². The van der Waals surface area contributed by atoms with Crippen LogP contribution in [0.15, 0.2) is 33.9 Å². The molecule has 0 aromatic heterocycles. The number of benzene rings is 1. The molecular weight excluding hydrogens is 244 g/mol. The van der Waals surface area contributed by atoms with Crippen LogP contribution in [-0.2, 0) is 0 Å². The maximum atomic E-state index is 8.05. The fourth-order valence-corrected chi connectivity index (χ4v) is 1.34. The number of anilines is 1. The molecule has 0 atom stereocenters. The molecule has 0 amide bonds. The fraction of sp³-hybridized carbons (Fsp3) is 0.111. The van der Waals surface area contributed by atoms with Gasteiger partial charge in [0, 0.05) is 21.6 Å². The molecular formula is C9H9BrN4. The monoisotopic (exact) mass is 252 g/mol. The van der Waals surface area contributed by atoms with Crippen molar-refractivity contribution >= 4 is 27.7 Å². The molecule has 0 fully saturated rings. The summed E-state index contributed by atoms with van der Waals surface area (Å²) in [5, 5.41) is 3.38. The molecule has 0 aliphatic heterocycles. The number of nitrogens with two attached hydrogens (primary N) is 1. The van der Waals surface area contributed by atoms with E-state index in [0.717, 1.165) is 10.0 Å². The van der Waals surface area contributed by atoms with Gasteiger partial charge in [-0.25, -0.2) is 0 Å². The Morgan fingerprint density at radius 3 is 3.00 bits per heavy atom. The zero-order valence-corrected chi connectivity index (χ0v) is 8.98. The number of hydrogen-bond donors (Lipinski definition) is 1. The second kappa shape index (κ2) is 5.32. The summed E-state index contributed by atoms with van der Waals surface area (Å²) in [5.41, 5.74) is 15.4. The summed E-state index contributed by atoms with van der Waals surface area (Å²) in [6, 6.07) is 5.63. The molecule has 0 saturated carbocycles. The second-order valence-electron chi connectivity index (χ2n) is 2.59. The largest absolute Gasteiger partial charge is 0.398 e. The molecule has 0 aliphatic rings. The molecule has 0 radical (unpaired) electrons. The molecule has 0 heterocycles. The minimum absolute atomic E-state index is 0.339. The van der Waals surface area contributed by atoms with Gasteiger partial charge in [0.25, 0.3) is 0 Å². The quantitative estimate of drug-likeness (QED) is 0.381. The van der Waals surface area contributed by atoms with Gasteiger partial charge in [-0.1, -0.05) is 39.3 Å². The first-order chi connectivity index (χ1) is 6.74. The van der Waals surface area contributed by atoms with Crippen LogP contribution in [0.25, 0.3) is 16.5 Å². The molecule has 1 aromatic carbocycles. The normalized spacial score (nSPS) is 10.1. The Morgan fingerprint density at radius 1 is 1.57 bits per heavy atom. The number of nitrogens with zero attached hydrogens (tertiary/aromatic N) is 3. The molecule has 14 heavy (non-hydrogen) atoms. The van der Waals surface area contributed by atoms with Gasteiger partial charge in [0.05, 0.1) is 0 Å². The lowest BCUT2D eigenvalue weighted by Crippen LogP contribution is -1.88. The third-order valence-corrected chi connectivity index (χ3v) is 2.09. The summed E-state index contributed by atoms with van der Waals surface area (Å²) in [4.78, 5) is 2.64. The first kappa shape index (κ1) is 10.6. The zero-order valence-electron chi connectivity index (χ0n) is 7.39. The summed E-state index contributed by atoms with van der Waals surface area (Å²) in [6.45, 7) is 0.339. The van der Waals surface area contributed by atoms with Crippen molar-refractivity contribution in [2.75, 3.05) is 12.3 Å². The highest BCUT2D eigenvalue weighted by Crippen LogP contribution is 2.19. The van der Waals surface area contributed by atoms with Gasteiger partial charge >= 0.3 is 0 Å². The van der Waals surface area contributed by atoms with Gasteiger partial charge in [-0.15, -0.1) is 0 Å². The van der Waals surface area contributed by atoms with Gasteiger partial charge in [-0.2, -0.15) is 0 Å². The van der Waals surface area contributed by atoms with Gasteiger partial charge in [-0.3, -0.25) is 0 Å². The Morgan fingerprint density at radius 2 is 2.36 bits per heavy atom. The lowest BCUT2D eigenvalue weighted by atomic mass is 10.2. The van der Waals surface area contributed by atoms with E-state index in [1.54, 1.807) is 6.08 Å². The second-order valence-corrected chi connectivity index (χ2v) is 3.50. The number of halogens is 1. The van der Waals surface area contributed by atoms with Crippen LogP contribution in [-0.4, -0.2) is 6.54 Å². The molecule has 0 saturated heterocycles. The molecule has 4 nitrogen and oxygen atoms in total. The van der Waals surface area contributed by atoms with Crippen LogP contribution in [0.3, 0.4) is 0 Å². The number of nitrogen functional groups attached to an aromatic ring is 1. The highest BCUT2D eigenvalue weighted by atomic mass is 79.9. The van der Waals surface area contributed by atoms with Crippen molar-refractivity contribution in [2.45, 2.75) is 0 Å². The summed E-state index contributed by atoms with van der Waals surface area (Å²) in [5.74, 6) is 0.